The van der Waals surface area contributed by atoms with Crippen LogP contribution in [-0.4, -0.2) is 29.3 Å². The van der Waals surface area contributed by atoms with Gasteiger partial charge in [0.05, 0.1) is 25.0 Å². The van der Waals surface area contributed by atoms with Crippen molar-refractivity contribution in [3.63, 3.8) is 0 Å². The predicted octanol–water partition coefficient (Wildman–Crippen LogP) is 3.79. The lowest BCUT2D eigenvalue weighted by molar-refractivity contribution is -0.115. The van der Waals surface area contributed by atoms with Crippen molar-refractivity contribution < 1.29 is 9.53 Å². The van der Waals surface area contributed by atoms with Crippen LogP contribution < -0.4 is 15.4 Å². The molecule has 0 fully saturated rings. The molecule has 0 spiro atoms. The zero-order valence-corrected chi connectivity index (χ0v) is 16.7. The van der Waals surface area contributed by atoms with Gasteiger partial charge in [0.1, 0.15) is 11.6 Å². The fourth-order valence-electron chi connectivity index (χ4n) is 3.04. The first-order valence-corrected chi connectivity index (χ1v) is 9.28. The molecule has 2 aromatic carbocycles. The topological polar surface area (TPSA) is 68.2 Å². The van der Waals surface area contributed by atoms with Crippen molar-refractivity contribution in [1.29, 1.82) is 0 Å². The summed E-state index contributed by atoms with van der Waals surface area (Å²) in [6.45, 7) is 6.13. The second kappa shape index (κ2) is 8.71. The molecule has 0 aliphatic rings. The molecular formula is C22H26N4O2. The molecule has 0 saturated carbocycles. The van der Waals surface area contributed by atoms with Crippen LogP contribution in [0.15, 0.2) is 54.6 Å². The van der Waals surface area contributed by atoms with Crippen LogP contribution in [0.2, 0.25) is 0 Å². The Hall–Kier alpha value is -3.12. The number of aryl methyl sites for hydroxylation is 2. The van der Waals surface area contributed by atoms with Gasteiger partial charge in [-0.2, -0.15) is 5.10 Å². The predicted molar refractivity (Wildman–Crippen MR) is 111 cm³/mol. The highest BCUT2D eigenvalue weighted by Gasteiger charge is 2.14. The Morgan fingerprint density at radius 3 is 2.57 bits per heavy atom. The summed E-state index contributed by atoms with van der Waals surface area (Å²) >= 11 is 0. The molecular weight excluding hydrogens is 352 g/mol. The minimum absolute atomic E-state index is 0.0226. The van der Waals surface area contributed by atoms with Crippen molar-refractivity contribution in [1.82, 2.24) is 15.1 Å². The number of carbonyl (C=O) groups is 1. The molecule has 1 amide bonds. The second-order valence-electron chi connectivity index (χ2n) is 6.81. The van der Waals surface area contributed by atoms with Crippen LogP contribution >= 0.6 is 0 Å². The summed E-state index contributed by atoms with van der Waals surface area (Å²) in [5.41, 5.74) is 3.93. The van der Waals surface area contributed by atoms with Crippen LogP contribution in [0.1, 0.15) is 29.8 Å². The van der Waals surface area contributed by atoms with E-state index in [1.54, 1.807) is 11.8 Å². The largest absolute Gasteiger partial charge is 0.496 e. The molecule has 0 saturated heterocycles. The molecule has 2 N–H and O–H groups in total. The fraction of sp³-hybridized carbons (Fsp3) is 0.273. The van der Waals surface area contributed by atoms with Crippen LogP contribution in [0.3, 0.4) is 0 Å². The number of carbonyl (C=O) groups excluding carboxylic acids is 1. The Bertz CT molecular complexity index is 947. The fourth-order valence-corrected chi connectivity index (χ4v) is 3.04. The maximum Gasteiger partial charge on any atom is 0.239 e. The number of benzene rings is 2. The van der Waals surface area contributed by atoms with E-state index in [4.69, 9.17) is 4.74 Å². The zero-order valence-electron chi connectivity index (χ0n) is 16.7. The SMILES string of the molecule is COc1ccccc1[C@@H](C)NCC(=O)Nc1cc(C)nn1-c1ccc(C)cc1. The van der Waals surface area contributed by atoms with Crippen LogP contribution in [-0.2, 0) is 4.79 Å². The van der Waals surface area contributed by atoms with E-state index in [-0.39, 0.29) is 18.5 Å². The summed E-state index contributed by atoms with van der Waals surface area (Å²) in [5, 5.41) is 10.7. The monoisotopic (exact) mass is 378 g/mol. The van der Waals surface area contributed by atoms with Gasteiger partial charge in [0.15, 0.2) is 0 Å². The van der Waals surface area contributed by atoms with Gasteiger partial charge < -0.3 is 15.4 Å². The van der Waals surface area contributed by atoms with Crippen molar-refractivity contribution >= 4 is 11.7 Å². The molecule has 146 valence electrons. The average Bonchev–Trinajstić information content (AvgIpc) is 3.06. The van der Waals surface area contributed by atoms with Gasteiger partial charge in [-0.25, -0.2) is 4.68 Å². The van der Waals surface area contributed by atoms with Crippen molar-refractivity contribution in [2.75, 3.05) is 19.0 Å². The van der Waals surface area contributed by atoms with Gasteiger partial charge in [-0.1, -0.05) is 35.9 Å². The van der Waals surface area contributed by atoms with E-state index in [0.717, 1.165) is 22.7 Å². The van der Waals surface area contributed by atoms with Crippen LogP contribution in [0.4, 0.5) is 5.82 Å². The molecule has 0 bridgehead atoms. The number of nitrogens with zero attached hydrogens (tertiary/aromatic N) is 2. The molecule has 6 heteroatoms. The molecule has 3 aromatic rings. The number of methoxy groups -OCH3 is 1. The summed E-state index contributed by atoms with van der Waals surface area (Å²) in [6, 6.07) is 17.6. The minimum Gasteiger partial charge on any atom is -0.496 e. The van der Waals surface area contributed by atoms with E-state index < -0.39 is 0 Å². The Kier molecular flexibility index (Phi) is 6.11. The molecule has 3 rings (SSSR count). The number of nitrogens with one attached hydrogen (secondary N) is 2. The number of anilines is 1. The Balaban J connectivity index is 1.66. The summed E-state index contributed by atoms with van der Waals surface area (Å²) in [7, 11) is 1.65. The van der Waals surface area contributed by atoms with Gasteiger partial charge in [0, 0.05) is 17.7 Å². The summed E-state index contributed by atoms with van der Waals surface area (Å²) < 4.78 is 7.14. The van der Waals surface area contributed by atoms with Crippen LogP contribution in [0.5, 0.6) is 5.75 Å². The van der Waals surface area contributed by atoms with Crippen molar-refractivity contribution in [2.24, 2.45) is 0 Å². The Morgan fingerprint density at radius 2 is 1.86 bits per heavy atom. The maximum absolute atomic E-state index is 12.5. The molecule has 1 heterocycles. The number of ether oxygens (including phenoxy) is 1. The average molecular weight is 378 g/mol. The standard InChI is InChI=1S/C22H26N4O2/c1-15-9-11-18(12-10-15)26-21(13-16(2)25-26)24-22(27)14-23-17(3)19-7-5-6-8-20(19)28-4/h5-13,17,23H,14H2,1-4H3,(H,24,27)/t17-/m1/s1. The molecule has 0 aliphatic carbocycles. The summed E-state index contributed by atoms with van der Waals surface area (Å²) in [4.78, 5) is 12.5. The van der Waals surface area contributed by atoms with Gasteiger partial charge in [-0.05, 0) is 39.0 Å². The highest BCUT2D eigenvalue weighted by atomic mass is 16.5. The molecule has 6 nitrogen and oxygen atoms in total. The third-order valence-corrected chi connectivity index (χ3v) is 4.55. The first-order chi connectivity index (χ1) is 13.5. The first kappa shape index (κ1) is 19.6. The summed E-state index contributed by atoms with van der Waals surface area (Å²) in [6.07, 6.45) is 0. The number of hydrogen-bond acceptors (Lipinski definition) is 4. The number of hydrogen-bond donors (Lipinski definition) is 2. The molecule has 1 aromatic heterocycles. The van der Waals surface area contributed by atoms with Crippen LogP contribution in [0, 0.1) is 13.8 Å². The lowest BCUT2D eigenvalue weighted by Crippen LogP contribution is -2.30. The van der Waals surface area contributed by atoms with Gasteiger partial charge in [0.2, 0.25) is 5.91 Å². The normalized spacial score (nSPS) is 11.9. The maximum atomic E-state index is 12.5. The lowest BCUT2D eigenvalue weighted by Gasteiger charge is -2.17. The van der Waals surface area contributed by atoms with Gasteiger partial charge >= 0.3 is 0 Å². The van der Waals surface area contributed by atoms with Gasteiger partial charge in [0.25, 0.3) is 0 Å². The minimum atomic E-state index is -0.130. The third kappa shape index (κ3) is 4.58. The van der Waals surface area contributed by atoms with E-state index >= 15 is 0 Å². The molecule has 0 aliphatic heterocycles. The number of aromatic nitrogens is 2. The van der Waals surface area contributed by atoms with E-state index in [1.165, 1.54) is 5.56 Å². The Morgan fingerprint density at radius 1 is 1.14 bits per heavy atom. The second-order valence-corrected chi connectivity index (χ2v) is 6.81. The van der Waals surface area contributed by atoms with E-state index in [0.29, 0.717) is 5.82 Å². The lowest BCUT2D eigenvalue weighted by atomic mass is 10.1. The molecule has 0 radical (unpaired) electrons. The van der Waals surface area contributed by atoms with Crippen molar-refractivity contribution in [2.45, 2.75) is 26.8 Å². The number of rotatable bonds is 7. The van der Waals surface area contributed by atoms with Gasteiger partial charge in [-0.15, -0.1) is 0 Å². The first-order valence-electron chi connectivity index (χ1n) is 9.28. The van der Waals surface area contributed by atoms with Crippen LogP contribution in [0.25, 0.3) is 5.69 Å². The summed E-state index contributed by atoms with van der Waals surface area (Å²) in [5.74, 6) is 1.32. The molecule has 28 heavy (non-hydrogen) atoms. The van der Waals surface area contributed by atoms with E-state index in [2.05, 4.69) is 15.7 Å². The highest BCUT2D eigenvalue weighted by molar-refractivity contribution is 5.91. The van der Waals surface area contributed by atoms with E-state index in [1.807, 2.05) is 75.4 Å². The highest BCUT2D eigenvalue weighted by Crippen LogP contribution is 2.24. The smallest absolute Gasteiger partial charge is 0.239 e. The third-order valence-electron chi connectivity index (χ3n) is 4.55. The van der Waals surface area contributed by atoms with Crippen molar-refractivity contribution in [3.8, 4) is 11.4 Å². The van der Waals surface area contributed by atoms with E-state index in [9.17, 15) is 4.79 Å². The molecule has 0 unspecified atom stereocenters. The van der Waals surface area contributed by atoms with Gasteiger partial charge in [-0.3, -0.25) is 4.79 Å². The Labute approximate surface area is 165 Å². The zero-order chi connectivity index (χ0) is 20.1. The molecule has 1 atom stereocenters. The number of amides is 1. The number of para-hydroxylation sites is 1. The quantitative estimate of drug-likeness (QED) is 0.656. The van der Waals surface area contributed by atoms with Crippen molar-refractivity contribution in [3.05, 3.63) is 71.4 Å².